The molecule has 1 aliphatic rings. The molecule has 1 N–H and O–H groups in total. The van der Waals surface area contributed by atoms with Crippen LogP contribution in [0.1, 0.15) is 30.1 Å². The molecule has 0 atom stereocenters. The Hall–Kier alpha value is -1.42. The van der Waals surface area contributed by atoms with Gasteiger partial charge in [-0.25, -0.2) is 0 Å². The van der Waals surface area contributed by atoms with Crippen LogP contribution in [0.4, 0.5) is 0 Å². The molecule has 1 fully saturated rings. The minimum Gasteiger partial charge on any atom is -0.386 e. The fraction of sp³-hybridized carbons (Fsp3) is 0.500. The van der Waals surface area contributed by atoms with Crippen molar-refractivity contribution in [1.29, 1.82) is 0 Å². The lowest BCUT2D eigenvalue weighted by atomic mass is 9.89. The van der Waals surface area contributed by atoms with Gasteiger partial charge < -0.3 is 10.0 Å². The third-order valence-corrected chi connectivity index (χ3v) is 2.88. The van der Waals surface area contributed by atoms with Gasteiger partial charge in [0.1, 0.15) is 0 Å². The predicted molar refractivity (Wildman–Crippen MR) is 60.0 cm³/mol. The molecule has 4 heteroatoms. The summed E-state index contributed by atoms with van der Waals surface area (Å²) in [7, 11) is 0. The molecule has 86 valence electrons. The van der Waals surface area contributed by atoms with E-state index >= 15 is 0 Å². The molecule has 1 saturated heterocycles. The summed E-state index contributed by atoms with van der Waals surface area (Å²) in [5.74, 6) is -0.0473. The molecule has 2 heterocycles. The lowest BCUT2D eigenvalue weighted by molar-refractivity contribution is -0.0860. The van der Waals surface area contributed by atoms with Gasteiger partial charge in [-0.3, -0.25) is 9.78 Å². The van der Waals surface area contributed by atoms with E-state index in [-0.39, 0.29) is 5.91 Å². The summed E-state index contributed by atoms with van der Waals surface area (Å²) < 4.78 is 0. The standard InChI is InChI=1S/C12H16N2O2/c1-2-5-12(16)8-14(9-12)11(15)10-4-3-6-13-7-10/h3-4,6-7,16H,2,5,8-9H2,1H3. The van der Waals surface area contributed by atoms with Crippen LogP contribution >= 0.6 is 0 Å². The van der Waals surface area contributed by atoms with Crippen molar-refractivity contribution in [2.45, 2.75) is 25.4 Å². The number of hydrogen-bond donors (Lipinski definition) is 1. The zero-order valence-electron chi connectivity index (χ0n) is 9.39. The van der Waals surface area contributed by atoms with Gasteiger partial charge in [-0.15, -0.1) is 0 Å². The zero-order valence-corrected chi connectivity index (χ0v) is 9.39. The van der Waals surface area contributed by atoms with E-state index in [1.807, 2.05) is 6.92 Å². The van der Waals surface area contributed by atoms with Crippen LogP contribution in [0.15, 0.2) is 24.5 Å². The van der Waals surface area contributed by atoms with Crippen molar-refractivity contribution >= 4 is 5.91 Å². The summed E-state index contributed by atoms with van der Waals surface area (Å²) in [6, 6.07) is 3.48. The third-order valence-electron chi connectivity index (χ3n) is 2.88. The maximum atomic E-state index is 11.9. The van der Waals surface area contributed by atoms with Gasteiger partial charge in [0.25, 0.3) is 5.91 Å². The highest BCUT2D eigenvalue weighted by Gasteiger charge is 2.42. The molecule has 0 saturated carbocycles. The Kier molecular flexibility index (Phi) is 2.92. The molecule has 0 bridgehead atoms. The van der Waals surface area contributed by atoms with Crippen molar-refractivity contribution in [3.8, 4) is 0 Å². The minimum atomic E-state index is -0.660. The van der Waals surface area contributed by atoms with Crippen LogP contribution in [0.3, 0.4) is 0 Å². The van der Waals surface area contributed by atoms with Gasteiger partial charge in [0.2, 0.25) is 0 Å². The topological polar surface area (TPSA) is 53.4 Å². The second-order valence-corrected chi connectivity index (χ2v) is 4.38. The summed E-state index contributed by atoms with van der Waals surface area (Å²) >= 11 is 0. The number of β-amino-alcohol motifs (C(OH)–C–C–N with tert-alkyl or cyclic N) is 1. The number of aliphatic hydroxyl groups is 1. The second-order valence-electron chi connectivity index (χ2n) is 4.38. The highest BCUT2D eigenvalue weighted by atomic mass is 16.3. The fourth-order valence-corrected chi connectivity index (χ4v) is 2.10. The smallest absolute Gasteiger partial charge is 0.255 e. The van der Waals surface area contributed by atoms with Crippen LogP contribution in [-0.4, -0.2) is 39.6 Å². The number of amides is 1. The molecular formula is C12H16N2O2. The summed E-state index contributed by atoms with van der Waals surface area (Å²) in [6.45, 7) is 2.91. The molecule has 1 aliphatic heterocycles. The number of likely N-dealkylation sites (tertiary alicyclic amines) is 1. The summed E-state index contributed by atoms with van der Waals surface area (Å²) in [4.78, 5) is 17.5. The van der Waals surface area contributed by atoms with Crippen LogP contribution in [0.2, 0.25) is 0 Å². The van der Waals surface area contributed by atoms with Crippen molar-refractivity contribution in [1.82, 2.24) is 9.88 Å². The largest absolute Gasteiger partial charge is 0.386 e. The molecule has 0 spiro atoms. The number of carbonyl (C=O) groups is 1. The Morgan fingerprint density at radius 3 is 2.94 bits per heavy atom. The van der Waals surface area contributed by atoms with E-state index < -0.39 is 5.60 Å². The van der Waals surface area contributed by atoms with Crippen LogP contribution in [-0.2, 0) is 0 Å². The Balaban J connectivity index is 1.96. The molecule has 4 nitrogen and oxygen atoms in total. The van der Waals surface area contributed by atoms with Crippen LogP contribution in [0, 0.1) is 0 Å². The molecule has 1 amide bonds. The quantitative estimate of drug-likeness (QED) is 0.829. The number of hydrogen-bond acceptors (Lipinski definition) is 3. The second kappa shape index (κ2) is 4.22. The van der Waals surface area contributed by atoms with E-state index in [4.69, 9.17) is 0 Å². The fourth-order valence-electron chi connectivity index (χ4n) is 2.10. The van der Waals surface area contributed by atoms with E-state index in [0.717, 1.165) is 12.8 Å². The average molecular weight is 220 g/mol. The highest BCUT2D eigenvalue weighted by Crippen LogP contribution is 2.26. The molecule has 1 aromatic heterocycles. The summed E-state index contributed by atoms with van der Waals surface area (Å²) in [5, 5.41) is 9.97. The third kappa shape index (κ3) is 2.07. The Bertz CT molecular complexity index is 372. The van der Waals surface area contributed by atoms with E-state index in [0.29, 0.717) is 18.7 Å². The van der Waals surface area contributed by atoms with Gasteiger partial charge in [0, 0.05) is 12.4 Å². The highest BCUT2D eigenvalue weighted by molar-refractivity contribution is 5.94. The molecule has 0 aromatic carbocycles. The predicted octanol–water partition coefficient (Wildman–Crippen LogP) is 1.07. The minimum absolute atomic E-state index is 0.0473. The van der Waals surface area contributed by atoms with E-state index in [1.54, 1.807) is 29.4 Å². The van der Waals surface area contributed by atoms with Crippen LogP contribution < -0.4 is 0 Å². The van der Waals surface area contributed by atoms with Crippen molar-refractivity contribution in [3.63, 3.8) is 0 Å². The Morgan fingerprint density at radius 2 is 2.38 bits per heavy atom. The van der Waals surface area contributed by atoms with E-state index in [9.17, 15) is 9.90 Å². The van der Waals surface area contributed by atoms with Crippen LogP contribution in [0.5, 0.6) is 0 Å². The SMILES string of the molecule is CCCC1(O)CN(C(=O)c2cccnc2)C1. The van der Waals surface area contributed by atoms with Gasteiger partial charge in [-0.05, 0) is 18.6 Å². The first-order valence-corrected chi connectivity index (χ1v) is 5.56. The van der Waals surface area contributed by atoms with Crippen molar-refractivity contribution < 1.29 is 9.90 Å². The lowest BCUT2D eigenvalue weighted by Gasteiger charge is -2.46. The Labute approximate surface area is 94.9 Å². The normalized spacial score (nSPS) is 18.0. The monoisotopic (exact) mass is 220 g/mol. The van der Waals surface area contributed by atoms with Crippen molar-refractivity contribution in [2.24, 2.45) is 0 Å². The zero-order chi connectivity index (χ0) is 11.6. The van der Waals surface area contributed by atoms with Gasteiger partial charge in [0.15, 0.2) is 0 Å². The van der Waals surface area contributed by atoms with Crippen LogP contribution in [0.25, 0.3) is 0 Å². The molecule has 0 radical (unpaired) electrons. The maximum Gasteiger partial charge on any atom is 0.255 e. The molecule has 2 rings (SSSR count). The Morgan fingerprint density at radius 1 is 1.62 bits per heavy atom. The van der Waals surface area contributed by atoms with Gasteiger partial charge in [-0.2, -0.15) is 0 Å². The maximum absolute atomic E-state index is 11.9. The molecule has 0 aliphatic carbocycles. The van der Waals surface area contributed by atoms with Crippen molar-refractivity contribution in [3.05, 3.63) is 30.1 Å². The number of nitrogens with zero attached hydrogens (tertiary/aromatic N) is 2. The number of aromatic nitrogens is 1. The molecule has 1 aromatic rings. The van der Waals surface area contributed by atoms with E-state index in [1.165, 1.54) is 0 Å². The van der Waals surface area contributed by atoms with Crippen molar-refractivity contribution in [2.75, 3.05) is 13.1 Å². The number of pyridine rings is 1. The number of carbonyl (C=O) groups excluding carboxylic acids is 1. The first-order valence-electron chi connectivity index (χ1n) is 5.56. The van der Waals surface area contributed by atoms with Gasteiger partial charge in [0.05, 0.1) is 24.3 Å². The first kappa shape index (κ1) is 11.1. The molecule has 16 heavy (non-hydrogen) atoms. The molecule has 0 unspecified atom stereocenters. The first-order chi connectivity index (χ1) is 7.64. The molecular weight excluding hydrogens is 204 g/mol. The number of rotatable bonds is 3. The summed E-state index contributed by atoms with van der Waals surface area (Å²) in [5.41, 5.74) is -0.0758. The van der Waals surface area contributed by atoms with Gasteiger partial charge in [-0.1, -0.05) is 13.3 Å². The van der Waals surface area contributed by atoms with Gasteiger partial charge >= 0.3 is 0 Å². The van der Waals surface area contributed by atoms with E-state index in [2.05, 4.69) is 4.98 Å². The summed E-state index contributed by atoms with van der Waals surface area (Å²) in [6.07, 6.45) is 4.88. The average Bonchev–Trinajstić information content (AvgIpc) is 2.26. The lowest BCUT2D eigenvalue weighted by Crippen LogP contribution is -2.63.